The van der Waals surface area contributed by atoms with Crippen LogP contribution in [0.2, 0.25) is 10.0 Å². The normalized spacial score (nSPS) is 12.5. The lowest BCUT2D eigenvalue weighted by atomic mass is 10.1. The van der Waals surface area contributed by atoms with Gasteiger partial charge in [0, 0.05) is 29.9 Å². The highest BCUT2D eigenvalue weighted by Gasteiger charge is 2.22. The summed E-state index contributed by atoms with van der Waals surface area (Å²) in [5, 5.41) is 0.477. The van der Waals surface area contributed by atoms with Crippen molar-refractivity contribution in [2.75, 3.05) is 18.6 Å². The van der Waals surface area contributed by atoms with Crippen LogP contribution in [0.1, 0.15) is 15.9 Å². The number of nitrogens with zero attached hydrogens (tertiary/aromatic N) is 1. The van der Waals surface area contributed by atoms with E-state index < -0.39 is 10.0 Å². The van der Waals surface area contributed by atoms with Crippen molar-refractivity contribution in [1.82, 2.24) is 4.90 Å². The van der Waals surface area contributed by atoms with Gasteiger partial charge in [0.05, 0.1) is 5.02 Å². The minimum Gasteiger partial charge on any atom is -0.454 e. The van der Waals surface area contributed by atoms with Gasteiger partial charge >= 0.3 is 0 Å². The summed E-state index contributed by atoms with van der Waals surface area (Å²) in [4.78, 5) is 14.2. The molecule has 0 fully saturated rings. The highest BCUT2D eigenvalue weighted by Crippen LogP contribution is 2.33. The van der Waals surface area contributed by atoms with E-state index in [1.165, 1.54) is 35.2 Å². The Morgan fingerprint density at radius 1 is 1.00 bits per heavy atom. The molecule has 1 aliphatic heterocycles. The summed E-state index contributed by atoms with van der Waals surface area (Å²) in [6.45, 7) is 0.461. The molecule has 0 unspecified atom stereocenters. The lowest BCUT2D eigenvalue weighted by Gasteiger charge is -2.18. The quantitative estimate of drug-likeness (QED) is 0.534. The fourth-order valence-corrected chi connectivity index (χ4v) is 4.89. The lowest BCUT2D eigenvalue weighted by Crippen LogP contribution is -2.26. The number of benzene rings is 3. The van der Waals surface area contributed by atoms with E-state index in [4.69, 9.17) is 32.7 Å². The van der Waals surface area contributed by atoms with E-state index in [1.54, 1.807) is 31.3 Å². The van der Waals surface area contributed by atoms with E-state index >= 15 is 0 Å². The monoisotopic (exact) mass is 492 g/mol. The first-order valence-electron chi connectivity index (χ1n) is 9.45. The van der Waals surface area contributed by atoms with Crippen molar-refractivity contribution in [2.45, 2.75) is 11.4 Å². The number of ether oxygens (including phenoxy) is 2. The molecule has 0 atom stereocenters. The zero-order chi connectivity index (χ0) is 22.9. The Labute approximate surface area is 195 Å². The van der Waals surface area contributed by atoms with Crippen LogP contribution >= 0.6 is 23.2 Å². The number of anilines is 1. The maximum absolute atomic E-state index is 13.0. The zero-order valence-corrected chi connectivity index (χ0v) is 19.2. The Bertz CT molecular complexity index is 1280. The molecule has 0 aromatic heterocycles. The van der Waals surface area contributed by atoms with E-state index in [9.17, 15) is 13.2 Å². The standard InChI is InChI=1S/C22H18Cl2N2O5S/c1-26(12-14-2-9-19-20(10-14)31-13-30-19)22(27)15-3-8-18(24)21(11-15)32(28,29)25-17-6-4-16(23)5-7-17/h2-11,25H,12-13H2,1H3. The lowest BCUT2D eigenvalue weighted by molar-refractivity contribution is 0.0784. The number of fused-ring (bicyclic) bond motifs is 1. The first kappa shape index (κ1) is 22.3. The van der Waals surface area contributed by atoms with E-state index in [2.05, 4.69) is 4.72 Å². The molecule has 7 nitrogen and oxygen atoms in total. The molecule has 32 heavy (non-hydrogen) atoms. The van der Waals surface area contributed by atoms with Crippen molar-refractivity contribution < 1.29 is 22.7 Å². The molecule has 1 heterocycles. The second-order valence-corrected chi connectivity index (χ2v) is 9.60. The molecule has 166 valence electrons. The fourth-order valence-electron chi connectivity index (χ4n) is 3.18. The average Bonchev–Trinajstić information content (AvgIpc) is 3.23. The molecule has 0 bridgehead atoms. The maximum Gasteiger partial charge on any atom is 0.263 e. The predicted octanol–water partition coefficient (Wildman–Crippen LogP) is 4.80. The third-order valence-electron chi connectivity index (χ3n) is 4.77. The second kappa shape index (κ2) is 8.90. The number of amides is 1. The first-order chi connectivity index (χ1) is 15.2. The Hall–Kier alpha value is -2.94. The maximum atomic E-state index is 13.0. The Morgan fingerprint density at radius 3 is 2.47 bits per heavy atom. The summed E-state index contributed by atoms with van der Waals surface area (Å²) in [6.07, 6.45) is 0. The van der Waals surface area contributed by atoms with Crippen molar-refractivity contribution >= 4 is 44.8 Å². The summed E-state index contributed by atoms with van der Waals surface area (Å²) >= 11 is 12.0. The second-order valence-electron chi connectivity index (χ2n) is 7.11. The van der Waals surface area contributed by atoms with E-state index in [1.807, 2.05) is 6.07 Å². The van der Waals surface area contributed by atoms with Crippen molar-refractivity contribution in [1.29, 1.82) is 0 Å². The van der Waals surface area contributed by atoms with E-state index in [0.29, 0.717) is 28.8 Å². The highest BCUT2D eigenvalue weighted by molar-refractivity contribution is 7.92. The van der Waals surface area contributed by atoms with Crippen molar-refractivity contribution in [3.63, 3.8) is 0 Å². The van der Waals surface area contributed by atoms with Gasteiger partial charge in [-0.15, -0.1) is 0 Å². The Morgan fingerprint density at radius 2 is 1.72 bits per heavy atom. The highest BCUT2D eigenvalue weighted by atomic mass is 35.5. The third-order valence-corrected chi connectivity index (χ3v) is 6.88. The molecule has 0 aliphatic carbocycles. The average molecular weight is 493 g/mol. The molecule has 0 spiro atoms. The zero-order valence-electron chi connectivity index (χ0n) is 16.8. The number of halogens is 2. The summed E-state index contributed by atoms with van der Waals surface area (Å²) in [5.74, 6) is 0.919. The molecule has 0 saturated carbocycles. The van der Waals surface area contributed by atoms with Gasteiger partial charge in [-0.1, -0.05) is 29.3 Å². The largest absolute Gasteiger partial charge is 0.454 e. The Kier molecular flexibility index (Phi) is 6.19. The number of nitrogens with one attached hydrogen (secondary N) is 1. The molecule has 4 rings (SSSR count). The number of hydrogen-bond acceptors (Lipinski definition) is 5. The summed E-state index contributed by atoms with van der Waals surface area (Å²) in [5.41, 5.74) is 1.35. The summed E-state index contributed by atoms with van der Waals surface area (Å²) < 4.78 is 38.8. The summed E-state index contributed by atoms with van der Waals surface area (Å²) in [7, 11) is -2.40. The topological polar surface area (TPSA) is 84.9 Å². The molecular formula is C22H18Cl2N2O5S. The SMILES string of the molecule is CN(Cc1ccc2c(c1)OCO2)C(=O)c1ccc(Cl)c(S(=O)(=O)Nc2ccc(Cl)cc2)c1. The van der Waals surface area contributed by atoms with Gasteiger partial charge in [0.15, 0.2) is 11.5 Å². The number of hydrogen-bond donors (Lipinski definition) is 1. The minimum atomic E-state index is -4.03. The van der Waals surface area contributed by atoms with Crippen LogP contribution in [-0.2, 0) is 16.6 Å². The van der Waals surface area contributed by atoms with E-state index in [-0.39, 0.29) is 28.2 Å². The molecule has 3 aromatic rings. The van der Waals surface area contributed by atoms with Crippen LogP contribution in [0.15, 0.2) is 65.6 Å². The van der Waals surface area contributed by atoms with Crippen LogP contribution in [0.25, 0.3) is 0 Å². The summed E-state index contributed by atoms with van der Waals surface area (Å²) in [6, 6.07) is 15.7. The van der Waals surface area contributed by atoms with Gasteiger partial charge in [-0.05, 0) is 60.2 Å². The Balaban J connectivity index is 1.54. The van der Waals surface area contributed by atoms with Gasteiger partial charge in [-0.3, -0.25) is 9.52 Å². The van der Waals surface area contributed by atoms with Crippen LogP contribution in [-0.4, -0.2) is 33.1 Å². The minimum absolute atomic E-state index is 0.00133. The molecule has 1 amide bonds. The number of carbonyl (C=O) groups is 1. The van der Waals surface area contributed by atoms with Gasteiger partial charge in [0.25, 0.3) is 15.9 Å². The van der Waals surface area contributed by atoms with Crippen LogP contribution in [0, 0.1) is 0 Å². The molecular weight excluding hydrogens is 475 g/mol. The molecule has 1 aliphatic rings. The molecule has 10 heteroatoms. The number of rotatable bonds is 6. The van der Waals surface area contributed by atoms with Crippen LogP contribution in [0.3, 0.4) is 0 Å². The molecule has 0 radical (unpaired) electrons. The van der Waals surface area contributed by atoms with Crippen molar-refractivity contribution in [3.05, 3.63) is 81.8 Å². The molecule has 0 saturated heterocycles. The molecule has 3 aromatic carbocycles. The van der Waals surface area contributed by atoms with Crippen molar-refractivity contribution in [2.24, 2.45) is 0 Å². The van der Waals surface area contributed by atoms with Crippen LogP contribution in [0.5, 0.6) is 11.5 Å². The van der Waals surface area contributed by atoms with Gasteiger partial charge < -0.3 is 14.4 Å². The fraction of sp³-hybridized carbons (Fsp3) is 0.136. The van der Waals surface area contributed by atoms with Gasteiger partial charge in [0.1, 0.15) is 4.90 Å². The van der Waals surface area contributed by atoms with Crippen LogP contribution < -0.4 is 14.2 Å². The van der Waals surface area contributed by atoms with Crippen molar-refractivity contribution in [3.8, 4) is 11.5 Å². The molecule has 1 N–H and O–H groups in total. The van der Waals surface area contributed by atoms with Gasteiger partial charge in [-0.2, -0.15) is 0 Å². The first-order valence-corrected chi connectivity index (χ1v) is 11.7. The van der Waals surface area contributed by atoms with E-state index in [0.717, 1.165) is 5.56 Å². The van der Waals surface area contributed by atoms with Gasteiger partial charge in [0.2, 0.25) is 6.79 Å². The van der Waals surface area contributed by atoms with Gasteiger partial charge in [-0.25, -0.2) is 8.42 Å². The van der Waals surface area contributed by atoms with Crippen LogP contribution in [0.4, 0.5) is 5.69 Å². The number of carbonyl (C=O) groups excluding carboxylic acids is 1. The smallest absolute Gasteiger partial charge is 0.263 e. The predicted molar refractivity (Wildman–Crippen MR) is 122 cm³/mol. The number of sulfonamides is 1. The third kappa shape index (κ3) is 4.77.